The fourth-order valence-electron chi connectivity index (χ4n) is 3.04. The molecule has 1 aromatic heterocycles. The highest BCUT2D eigenvalue weighted by atomic mass is 19.4. The van der Waals surface area contributed by atoms with Gasteiger partial charge in [-0.05, 0) is 83.9 Å². The number of allylic oxidation sites excluding steroid dienone is 4. The van der Waals surface area contributed by atoms with Crippen molar-refractivity contribution in [2.45, 2.75) is 78.8 Å². The Bertz CT molecular complexity index is 1270. The highest BCUT2D eigenvalue weighted by Gasteiger charge is 2.37. The molecule has 0 saturated heterocycles. The Labute approximate surface area is 238 Å². The number of amides is 1. The van der Waals surface area contributed by atoms with E-state index in [1.54, 1.807) is 65.8 Å². The van der Waals surface area contributed by atoms with Crippen molar-refractivity contribution in [1.82, 2.24) is 10.3 Å². The van der Waals surface area contributed by atoms with Crippen LogP contribution >= 0.6 is 0 Å². The van der Waals surface area contributed by atoms with E-state index in [2.05, 4.69) is 21.1 Å². The number of nitrogens with one attached hydrogen (secondary N) is 3. The zero-order valence-corrected chi connectivity index (χ0v) is 24.3. The second-order valence-electron chi connectivity index (χ2n) is 10.6. The average molecular weight is 579 g/mol. The first-order valence-corrected chi connectivity index (χ1v) is 13.0. The van der Waals surface area contributed by atoms with E-state index in [9.17, 15) is 27.5 Å². The summed E-state index contributed by atoms with van der Waals surface area (Å²) in [5.41, 5.74) is 1.65. The number of nitrogens with zero attached hydrogens (tertiary/aromatic N) is 1. The molecular formula is C30H38F4N4O3. The van der Waals surface area contributed by atoms with Crippen molar-refractivity contribution in [2.75, 3.05) is 10.8 Å². The topological polar surface area (TPSA) is 95.5 Å². The van der Waals surface area contributed by atoms with Gasteiger partial charge in [-0.15, -0.1) is 0 Å². The van der Waals surface area contributed by atoms with Crippen LogP contribution in [0.4, 0.5) is 29.1 Å². The predicted molar refractivity (Wildman–Crippen MR) is 152 cm³/mol. The highest BCUT2D eigenvalue weighted by Crippen LogP contribution is 2.30. The van der Waals surface area contributed by atoms with Crippen LogP contribution in [-0.4, -0.2) is 33.4 Å². The van der Waals surface area contributed by atoms with Crippen LogP contribution in [0.5, 0.6) is 0 Å². The molecule has 0 aliphatic carbocycles. The smallest absolute Gasteiger partial charge is 0.387 e. The minimum atomic E-state index is -4.71. The van der Waals surface area contributed by atoms with Crippen LogP contribution < -0.4 is 16.1 Å². The number of rotatable bonds is 12. The Kier molecular flexibility index (Phi) is 11.3. The molecule has 0 radical (unpaired) electrons. The van der Waals surface area contributed by atoms with E-state index in [4.69, 9.17) is 4.84 Å². The van der Waals surface area contributed by atoms with E-state index in [1.807, 2.05) is 0 Å². The minimum absolute atomic E-state index is 0.0120. The van der Waals surface area contributed by atoms with Gasteiger partial charge in [-0.2, -0.15) is 13.2 Å². The molecular weight excluding hydrogens is 540 g/mol. The van der Waals surface area contributed by atoms with Crippen LogP contribution in [0.2, 0.25) is 0 Å². The first-order valence-electron chi connectivity index (χ1n) is 13.0. The first kappa shape index (κ1) is 33.5. The fraction of sp³-hybridized carbons (Fsp3) is 0.400. The Morgan fingerprint density at radius 2 is 1.66 bits per heavy atom. The van der Waals surface area contributed by atoms with Crippen molar-refractivity contribution in [1.29, 1.82) is 0 Å². The number of aromatic nitrogens is 1. The number of pyridine rings is 1. The van der Waals surface area contributed by atoms with Gasteiger partial charge < -0.3 is 15.7 Å². The number of carbonyl (C=O) groups is 1. The molecule has 224 valence electrons. The molecule has 0 spiro atoms. The summed E-state index contributed by atoms with van der Waals surface area (Å²) in [6, 6.07) is 9.32. The number of benzene rings is 1. The maximum atomic E-state index is 13.9. The number of hydrogen-bond donors (Lipinski definition) is 4. The number of alkyl halides is 3. The van der Waals surface area contributed by atoms with E-state index in [0.29, 0.717) is 17.7 Å². The number of halogens is 4. The van der Waals surface area contributed by atoms with Crippen LogP contribution in [0.15, 0.2) is 77.2 Å². The van der Waals surface area contributed by atoms with E-state index in [0.717, 1.165) is 30.0 Å². The number of anilines is 2. The lowest BCUT2D eigenvalue weighted by Crippen LogP contribution is -2.48. The van der Waals surface area contributed by atoms with Crippen molar-refractivity contribution < 1.29 is 32.3 Å². The van der Waals surface area contributed by atoms with Gasteiger partial charge in [-0.3, -0.25) is 15.1 Å². The zero-order chi connectivity index (χ0) is 31.0. The van der Waals surface area contributed by atoms with Gasteiger partial charge in [0.05, 0.1) is 28.6 Å². The van der Waals surface area contributed by atoms with Gasteiger partial charge in [0, 0.05) is 12.2 Å². The fourth-order valence-corrected chi connectivity index (χ4v) is 3.04. The van der Waals surface area contributed by atoms with Crippen molar-refractivity contribution in [3.8, 4) is 0 Å². The second-order valence-corrected chi connectivity index (χ2v) is 10.6. The number of hydrogen-bond acceptors (Lipinski definition) is 6. The molecule has 4 N–H and O–H groups in total. The van der Waals surface area contributed by atoms with Gasteiger partial charge in [0.1, 0.15) is 17.2 Å². The van der Waals surface area contributed by atoms with Gasteiger partial charge in [0.15, 0.2) is 0 Å². The summed E-state index contributed by atoms with van der Waals surface area (Å²) in [4.78, 5) is 22.5. The standard InChI is InChI=1S/C30H38F4N4O3/c1-8-19(2)15-22(30(32,33)34)16-25(27(39)37-26-14-11-23(31)18-36-26)20(3)35-17-21-9-12-24(13-10-21)38-41-29(6,7)28(4,5)40/h9-16,18,35,38,40H,8,17H2,1-7H3,(H,36,37,39)/b19-15+,22-16+,25-20-. The summed E-state index contributed by atoms with van der Waals surface area (Å²) in [7, 11) is 0. The average Bonchev–Trinajstić information content (AvgIpc) is 2.88. The molecule has 0 atom stereocenters. The van der Waals surface area contributed by atoms with E-state index < -0.39 is 34.7 Å². The third-order valence-electron chi connectivity index (χ3n) is 6.61. The molecule has 7 nitrogen and oxygen atoms in total. The zero-order valence-electron chi connectivity index (χ0n) is 24.3. The van der Waals surface area contributed by atoms with Crippen molar-refractivity contribution >= 4 is 17.4 Å². The number of carbonyl (C=O) groups excluding carboxylic acids is 1. The Morgan fingerprint density at radius 3 is 2.17 bits per heavy atom. The molecule has 1 heterocycles. The monoisotopic (exact) mass is 578 g/mol. The Hall–Kier alpha value is -3.70. The lowest BCUT2D eigenvalue weighted by Gasteiger charge is -2.36. The van der Waals surface area contributed by atoms with E-state index in [-0.39, 0.29) is 23.6 Å². The maximum Gasteiger partial charge on any atom is 0.416 e. The molecule has 0 unspecified atom stereocenters. The van der Waals surface area contributed by atoms with Crippen molar-refractivity contribution in [3.63, 3.8) is 0 Å². The molecule has 0 saturated carbocycles. The summed E-state index contributed by atoms with van der Waals surface area (Å²) >= 11 is 0. The van der Waals surface area contributed by atoms with Gasteiger partial charge in [-0.25, -0.2) is 9.37 Å². The quantitative estimate of drug-likeness (QED) is 0.0942. The minimum Gasteiger partial charge on any atom is -0.387 e. The first-order chi connectivity index (χ1) is 18.9. The van der Waals surface area contributed by atoms with Gasteiger partial charge in [0.2, 0.25) is 0 Å². The normalized spacial score (nSPS) is 14.0. The number of aliphatic hydroxyl groups is 1. The molecule has 1 amide bonds. The molecule has 0 bridgehead atoms. The largest absolute Gasteiger partial charge is 0.416 e. The van der Waals surface area contributed by atoms with Crippen LogP contribution in [0, 0.1) is 5.82 Å². The van der Waals surface area contributed by atoms with Gasteiger partial charge in [-0.1, -0.05) is 30.7 Å². The SMILES string of the molecule is CC/C(C)=C/C(=C\C(C(=O)Nc1ccc(F)cn1)=C(/C)NCc1ccc(NOC(C)(C)C(C)(C)O)cc1)C(F)(F)F. The molecule has 2 rings (SSSR count). The molecule has 41 heavy (non-hydrogen) atoms. The highest BCUT2D eigenvalue weighted by molar-refractivity contribution is 6.06. The summed E-state index contributed by atoms with van der Waals surface area (Å²) < 4.78 is 54.9. The van der Waals surface area contributed by atoms with E-state index >= 15 is 0 Å². The third kappa shape index (κ3) is 10.3. The van der Waals surface area contributed by atoms with Crippen LogP contribution in [0.3, 0.4) is 0 Å². The Balaban J connectivity index is 2.32. The molecule has 1 aromatic carbocycles. The van der Waals surface area contributed by atoms with Crippen LogP contribution in [0.1, 0.15) is 60.5 Å². The van der Waals surface area contributed by atoms with Gasteiger partial charge >= 0.3 is 6.18 Å². The predicted octanol–water partition coefficient (Wildman–Crippen LogP) is 6.96. The second kappa shape index (κ2) is 13.8. The summed E-state index contributed by atoms with van der Waals surface area (Å²) in [5, 5.41) is 15.7. The molecule has 0 aliphatic rings. The van der Waals surface area contributed by atoms with E-state index in [1.165, 1.54) is 13.0 Å². The van der Waals surface area contributed by atoms with Crippen LogP contribution in [-0.2, 0) is 16.2 Å². The summed E-state index contributed by atoms with van der Waals surface area (Å²) in [5.74, 6) is -1.48. The summed E-state index contributed by atoms with van der Waals surface area (Å²) in [6.07, 6.45) is -1.62. The summed E-state index contributed by atoms with van der Waals surface area (Å²) in [6.45, 7) is 11.8. The van der Waals surface area contributed by atoms with Gasteiger partial charge in [0.25, 0.3) is 5.91 Å². The third-order valence-corrected chi connectivity index (χ3v) is 6.61. The molecule has 11 heteroatoms. The van der Waals surface area contributed by atoms with Crippen molar-refractivity contribution in [2.24, 2.45) is 0 Å². The molecule has 2 aromatic rings. The molecule has 0 aliphatic heterocycles. The van der Waals surface area contributed by atoms with Crippen LogP contribution in [0.25, 0.3) is 0 Å². The Morgan fingerprint density at radius 1 is 1.02 bits per heavy atom. The lowest BCUT2D eigenvalue weighted by molar-refractivity contribution is -0.130. The van der Waals surface area contributed by atoms with Crippen molar-refractivity contribution in [3.05, 3.63) is 88.5 Å². The maximum absolute atomic E-state index is 13.9. The molecule has 0 fully saturated rings. The lowest BCUT2D eigenvalue weighted by atomic mass is 9.90.